The number of rotatable bonds is 7. The van der Waals surface area contributed by atoms with Gasteiger partial charge in [-0.1, -0.05) is 6.92 Å². The minimum Gasteiger partial charge on any atom is -0.351 e. The third-order valence-electron chi connectivity index (χ3n) is 3.50. The highest BCUT2D eigenvalue weighted by Crippen LogP contribution is 2.18. The van der Waals surface area contributed by atoms with Gasteiger partial charge in [-0.05, 0) is 32.5 Å². The van der Waals surface area contributed by atoms with Gasteiger partial charge in [0.2, 0.25) is 5.82 Å². The first-order valence-electron chi connectivity index (χ1n) is 6.79. The number of carbonyl (C=O) groups excluding carboxylic acids is 1. The second kappa shape index (κ2) is 7.68. The molecule has 0 aliphatic carbocycles. The van der Waals surface area contributed by atoms with Crippen LogP contribution in [0.15, 0.2) is 18.2 Å². The zero-order valence-electron chi connectivity index (χ0n) is 12.4. The van der Waals surface area contributed by atoms with Crippen LogP contribution in [-0.4, -0.2) is 41.9 Å². The number of hydrogen-bond acceptors (Lipinski definition) is 4. The molecular formula is C14H20FN3O3. The van der Waals surface area contributed by atoms with Gasteiger partial charge in [-0.3, -0.25) is 14.9 Å². The maximum atomic E-state index is 13.2. The summed E-state index contributed by atoms with van der Waals surface area (Å²) in [7, 11) is 1.96. The predicted octanol–water partition coefficient (Wildman–Crippen LogP) is 2.19. The van der Waals surface area contributed by atoms with Crippen LogP contribution in [0.2, 0.25) is 0 Å². The lowest BCUT2D eigenvalue weighted by Crippen LogP contribution is -2.37. The zero-order valence-corrected chi connectivity index (χ0v) is 12.4. The molecular weight excluding hydrogens is 277 g/mol. The maximum Gasteiger partial charge on any atom is 0.305 e. The summed E-state index contributed by atoms with van der Waals surface area (Å²) in [5, 5.41) is 13.3. The number of nitro benzene ring substituents is 1. The lowest BCUT2D eigenvalue weighted by molar-refractivity contribution is -0.387. The third-order valence-corrected chi connectivity index (χ3v) is 3.50. The van der Waals surface area contributed by atoms with E-state index in [-0.39, 0.29) is 5.56 Å². The van der Waals surface area contributed by atoms with E-state index in [4.69, 9.17) is 0 Å². The number of amides is 1. The summed E-state index contributed by atoms with van der Waals surface area (Å²) in [6.07, 6.45) is 1.01. The minimum absolute atomic E-state index is 0.0780. The normalized spacial score (nSPS) is 12.2. The van der Waals surface area contributed by atoms with Gasteiger partial charge in [0.15, 0.2) is 0 Å². The fourth-order valence-electron chi connectivity index (χ4n) is 1.77. The van der Waals surface area contributed by atoms with Crippen molar-refractivity contribution in [2.75, 3.05) is 20.1 Å². The molecule has 0 saturated carbocycles. The van der Waals surface area contributed by atoms with Crippen LogP contribution in [-0.2, 0) is 0 Å². The highest BCUT2D eigenvalue weighted by atomic mass is 19.1. The molecule has 6 nitrogen and oxygen atoms in total. The van der Waals surface area contributed by atoms with Gasteiger partial charge in [-0.25, -0.2) is 0 Å². The van der Waals surface area contributed by atoms with Crippen LogP contribution in [0.1, 0.15) is 30.6 Å². The van der Waals surface area contributed by atoms with Gasteiger partial charge in [-0.15, -0.1) is 0 Å². The fourth-order valence-corrected chi connectivity index (χ4v) is 1.77. The van der Waals surface area contributed by atoms with Gasteiger partial charge < -0.3 is 10.2 Å². The van der Waals surface area contributed by atoms with Gasteiger partial charge >= 0.3 is 5.69 Å². The van der Waals surface area contributed by atoms with E-state index in [2.05, 4.69) is 24.1 Å². The summed E-state index contributed by atoms with van der Waals surface area (Å²) < 4.78 is 13.2. The zero-order chi connectivity index (χ0) is 16.0. The molecule has 0 aliphatic heterocycles. The Balaban J connectivity index is 2.60. The number of carbonyl (C=O) groups is 1. The van der Waals surface area contributed by atoms with E-state index in [1.54, 1.807) is 0 Å². The van der Waals surface area contributed by atoms with E-state index < -0.39 is 22.3 Å². The molecule has 1 amide bonds. The van der Waals surface area contributed by atoms with Crippen molar-refractivity contribution in [2.45, 2.75) is 26.3 Å². The van der Waals surface area contributed by atoms with Crippen LogP contribution in [0.4, 0.5) is 10.1 Å². The van der Waals surface area contributed by atoms with Gasteiger partial charge in [0.25, 0.3) is 5.91 Å². The summed E-state index contributed by atoms with van der Waals surface area (Å²) in [5.41, 5.74) is -0.617. The van der Waals surface area contributed by atoms with Crippen molar-refractivity contribution in [3.63, 3.8) is 0 Å². The first-order valence-corrected chi connectivity index (χ1v) is 6.79. The molecule has 0 spiro atoms. The molecule has 1 N–H and O–H groups in total. The number of nitro groups is 1. The molecule has 0 bridgehead atoms. The molecule has 116 valence electrons. The van der Waals surface area contributed by atoms with Crippen LogP contribution in [0, 0.1) is 15.9 Å². The molecule has 7 heteroatoms. The van der Waals surface area contributed by atoms with Crippen molar-refractivity contribution >= 4 is 11.6 Å². The summed E-state index contributed by atoms with van der Waals surface area (Å²) in [5.74, 6) is -1.40. The van der Waals surface area contributed by atoms with Crippen LogP contribution < -0.4 is 5.32 Å². The average Bonchev–Trinajstić information content (AvgIpc) is 2.46. The smallest absolute Gasteiger partial charge is 0.305 e. The Morgan fingerprint density at radius 2 is 2.19 bits per heavy atom. The van der Waals surface area contributed by atoms with Crippen LogP contribution in [0.3, 0.4) is 0 Å². The summed E-state index contributed by atoms with van der Waals surface area (Å²) in [6, 6.07) is 3.52. The largest absolute Gasteiger partial charge is 0.351 e. The highest BCUT2D eigenvalue weighted by molar-refractivity contribution is 5.94. The first kappa shape index (κ1) is 17.0. The van der Waals surface area contributed by atoms with Crippen LogP contribution >= 0.6 is 0 Å². The molecule has 1 aromatic carbocycles. The molecule has 1 unspecified atom stereocenters. The Bertz CT molecular complexity index is 522. The molecule has 1 aromatic rings. The molecule has 21 heavy (non-hydrogen) atoms. The molecule has 0 aliphatic rings. The third kappa shape index (κ3) is 4.78. The standard InChI is InChI=1S/C14H20FN3O3/c1-4-10(2)17(3)8-7-16-14(19)11-5-6-12(15)13(9-11)18(20)21/h5-6,9-10H,4,7-8H2,1-3H3,(H,16,19). The van der Waals surface area contributed by atoms with Gasteiger partial charge in [-0.2, -0.15) is 4.39 Å². The minimum atomic E-state index is -0.951. The Morgan fingerprint density at radius 1 is 1.52 bits per heavy atom. The number of nitrogens with one attached hydrogen (secondary N) is 1. The summed E-state index contributed by atoms with van der Waals surface area (Å²) in [4.78, 5) is 23.8. The molecule has 0 saturated heterocycles. The van der Waals surface area contributed by atoms with E-state index in [0.29, 0.717) is 19.1 Å². The summed E-state index contributed by atoms with van der Waals surface area (Å²) >= 11 is 0. The topological polar surface area (TPSA) is 75.5 Å². The lowest BCUT2D eigenvalue weighted by atomic mass is 10.2. The number of nitrogens with zero attached hydrogens (tertiary/aromatic N) is 2. The number of hydrogen-bond donors (Lipinski definition) is 1. The van der Waals surface area contributed by atoms with Crippen LogP contribution in [0.5, 0.6) is 0 Å². The van der Waals surface area contributed by atoms with Gasteiger partial charge in [0, 0.05) is 30.8 Å². The lowest BCUT2D eigenvalue weighted by Gasteiger charge is -2.23. The second-order valence-electron chi connectivity index (χ2n) is 4.92. The van der Waals surface area contributed by atoms with E-state index in [0.717, 1.165) is 18.6 Å². The summed E-state index contributed by atoms with van der Waals surface area (Å²) in [6.45, 7) is 5.26. The highest BCUT2D eigenvalue weighted by Gasteiger charge is 2.17. The van der Waals surface area contributed by atoms with Crippen molar-refractivity contribution in [1.82, 2.24) is 10.2 Å². The SMILES string of the molecule is CCC(C)N(C)CCNC(=O)c1ccc(F)c([N+](=O)[O-])c1. The van der Waals surface area contributed by atoms with E-state index in [1.165, 1.54) is 6.07 Å². The van der Waals surface area contributed by atoms with Crippen molar-refractivity contribution in [2.24, 2.45) is 0 Å². The number of benzene rings is 1. The fraction of sp³-hybridized carbons (Fsp3) is 0.500. The van der Waals surface area contributed by atoms with E-state index in [9.17, 15) is 19.3 Å². The van der Waals surface area contributed by atoms with Crippen molar-refractivity contribution < 1.29 is 14.1 Å². The number of likely N-dealkylation sites (N-methyl/N-ethyl adjacent to an activating group) is 1. The van der Waals surface area contributed by atoms with Crippen LogP contribution in [0.25, 0.3) is 0 Å². The quantitative estimate of drug-likeness (QED) is 0.618. The van der Waals surface area contributed by atoms with E-state index >= 15 is 0 Å². The Hall–Kier alpha value is -2.02. The first-order chi connectivity index (χ1) is 9.86. The Morgan fingerprint density at radius 3 is 2.76 bits per heavy atom. The van der Waals surface area contributed by atoms with Crippen molar-refractivity contribution in [3.8, 4) is 0 Å². The molecule has 1 atom stereocenters. The maximum absolute atomic E-state index is 13.2. The Labute approximate surface area is 123 Å². The average molecular weight is 297 g/mol. The van der Waals surface area contributed by atoms with Gasteiger partial charge in [0.05, 0.1) is 4.92 Å². The molecule has 0 radical (unpaired) electrons. The molecule has 1 rings (SSSR count). The predicted molar refractivity (Wildman–Crippen MR) is 77.8 cm³/mol. The monoisotopic (exact) mass is 297 g/mol. The van der Waals surface area contributed by atoms with Gasteiger partial charge in [0.1, 0.15) is 0 Å². The number of halogens is 1. The Kier molecular flexibility index (Phi) is 6.23. The second-order valence-corrected chi connectivity index (χ2v) is 4.92. The molecule has 0 fully saturated rings. The molecule has 0 heterocycles. The van der Waals surface area contributed by atoms with E-state index in [1.807, 2.05) is 7.05 Å². The van der Waals surface area contributed by atoms with Crippen molar-refractivity contribution in [3.05, 3.63) is 39.7 Å². The van der Waals surface area contributed by atoms with Crippen molar-refractivity contribution in [1.29, 1.82) is 0 Å². The molecule has 0 aromatic heterocycles.